The highest BCUT2D eigenvalue weighted by Gasteiger charge is 2.12. The molecular formula is C14H13ClFN3O2S. The highest BCUT2D eigenvalue weighted by molar-refractivity contribution is 7.12. The molecule has 0 aliphatic heterocycles. The van der Waals surface area contributed by atoms with E-state index in [1.807, 2.05) is 0 Å². The molecule has 0 fully saturated rings. The van der Waals surface area contributed by atoms with E-state index in [0.29, 0.717) is 10.4 Å². The fourth-order valence-electron chi connectivity index (χ4n) is 1.73. The summed E-state index contributed by atoms with van der Waals surface area (Å²) in [6.45, 7) is 0.540. The molecule has 2 N–H and O–H groups in total. The van der Waals surface area contributed by atoms with Crippen molar-refractivity contribution in [2.24, 2.45) is 0 Å². The van der Waals surface area contributed by atoms with Crippen LogP contribution in [-0.2, 0) is 11.2 Å². The van der Waals surface area contributed by atoms with Crippen molar-refractivity contribution in [2.45, 2.75) is 6.42 Å². The van der Waals surface area contributed by atoms with E-state index in [1.165, 1.54) is 17.6 Å². The summed E-state index contributed by atoms with van der Waals surface area (Å²) in [5, 5.41) is 5.44. The maximum atomic E-state index is 13.0. The van der Waals surface area contributed by atoms with Crippen LogP contribution in [0.1, 0.15) is 15.2 Å². The minimum atomic E-state index is -0.376. The van der Waals surface area contributed by atoms with Crippen molar-refractivity contribution in [1.82, 2.24) is 15.6 Å². The SMILES string of the molecule is O=C(Cc1cccc(F)c1)NCCNC(=O)c1scnc1Cl. The molecule has 0 saturated heterocycles. The second-order valence-corrected chi connectivity index (χ2v) is 5.60. The molecule has 0 radical (unpaired) electrons. The number of hydrogen-bond acceptors (Lipinski definition) is 4. The van der Waals surface area contributed by atoms with E-state index < -0.39 is 0 Å². The predicted octanol–water partition coefficient (Wildman–Crippen LogP) is 2.02. The van der Waals surface area contributed by atoms with Gasteiger partial charge in [0.1, 0.15) is 10.7 Å². The molecule has 5 nitrogen and oxygen atoms in total. The summed E-state index contributed by atoms with van der Waals surface area (Å²) in [4.78, 5) is 27.5. The van der Waals surface area contributed by atoms with Crippen LogP contribution in [-0.4, -0.2) is 29.9 Å². The average molecular weight is 342 g/mol. The van der Waals surface area contributed by atoms with Gasteiger partial charge in [0, 0.05) is 13.1 Å². The number of aromatic nitrogens is 1. The van der Waals surface area contributed by atoms with Crippen LogP contribution in [0.25, 0.3) is 0 Å². The molecule has 0 aliphatic carbocycles. The third-order valence-electron chi connectivity index (χ3n) is 2.72. The number of nitrogens with one attached hydrogen (secondary N) is 2. The van der Waals surface area contributed by atoms with Gasteiger partial charge in [-0.15, -0.1) is 11.3 Å². The lowest BCUT2D eigenvalue weighted by Crippen LogP contribution is -2.35. The van der Waals surface area contributed by atoms with Crippen molar-refractivity contribution in [3.63, 3.8) is 0 Å². The number of amides is 2. The Morgan fingerprint density at radius 1 is 1.27 bits per heavy atom. The van der Waals surface area contributed by atoms with Crippen molar-refractivity contribution in [1.29, 1.82) is 0 Å². The van der Waals surface area contributed by atoms with E-state index in [4.69, 9.17) is 11.6 Å². The zero-order valence-electron chi connectivity index (χ0n) is 11.4. The Hall–Kier alpha value is -1.99. The first-order valence-electron chi connectivity index (χ1n) is 6.44. The van der Waals surface area contributed by atoms with Gasteiger partial charge in [-0.25, -0.2) is 9.37 Å². The Morgan fingerprint density at radius 3 is 2.73 bits per heavy atom. The van der Waals surface area contributed by atoms with E-state index in [9.17, 15) is 14.0 Å². The van der Waals surface area contributed by atoms with E-state index >= 15 is 0 Å². The van der Waals surface area contributed by atoms with Gasteiger partial charge in [0.25, 0.3) is 5.91 Å². The van der Waals surface area contributed by atoms with Crippen LogP contribution in [0.5, 0.6) is 0 Å². The van der Waals surface area contributed by atoms with Gasteiger partial charge in [-0.05, 0) is 17.7 Å². The minimum absolute atomic E-state index is 0.0897. The molecule has 2 rings (SSSR count). The molecular weight excluding hydrogens is 329 g/mol. The second-order valence-electron chi connectivity index (χ2n) is 4.38. The van der Waals surface area contributed by atoms with E-state index in [0.717, 1.165) is 11.3 Å². The third-order valence-corrected chi connectivity index (χ3v) is 3.94. The molecule has 1 heterocycles. The van der Waals surface area contributed by atoms with Gasteiger partial charge in [-0.2, -0.15) is 0 Å². The highest BCUT2D eigenvalue weighted by Crippen LogP contribution is 2.17. The lowest BCUT2D eigenvalue weighted by molar-refractivity contribution is -0.120. The first kappa shape index (κ1) is 16.4. The summed E-state index contributed by atoms with van der Waals surface area (Å²) in [6, 6.07) is 5.86. The van der Waals surface area contributed by atoms with E-state index in [-0.39, 0.29) is 42.3 Å². The molecule has 0 unspecified atom stereocenters. The van der Waals surface area contributed by atoms with Gasteiger partial charge in [0.05, 0.1) is 11.9 Å². The predicted molar refractivity (Wildman–Crippen MR) is 82.6 cm³/mol. The largest absolute Gasteiger partial charge is 0.354 e. The number of nitrogens with zero attached hydrogens (tertiary/aromatic N) is 1. The number of benzene rings is 1. The van der Waals surface area contributed by atoms with Crippen LogP contribution in [0, 0.1) is 5.82 Å². The second kappa shape index (κ2) is 7.86. The maximum Gasteiger partial charge on any atom is 0.264 e. The lowest BCUT2D eigenvalue weighted by atomic mass is 10.1. The Labute approximate surface area is 135 Å². The van der Waals surface area contributed by atoms with Crippen molar-refractivity contribution >= 4 is 34.8 Å². The number of hydrogen-bond donors (Lipinski definition) is 2. The van der Waals surface area contributed by atoms with Crippen LogP contribution in [0.3, 0.4) is 0 Å². The Kier molecular flexibility index (Phi) is 5.85. The summed E-state index contributed by atoms with van der Waals surface area (Å²) in [6.07, 6.45) is 0.0897. The number of halogens is 2. The monoisotopic (exact) mass is 341 g/mol. The number of thiazole rings is 1. The van der Waals surface area contributed by atoms with Crippen LogP contribution in [0.2, 0.25) is 5.15 Å². The molecule has 8 heteroatoms. The highest BCUT2D eigenvalue weighted by atomic mass is 35.5. The Balaban J connectivity index is 1.69. The fourth-order valence-corrected chi connectivity index (χ4v) is 2.65. The van der Waals surface area contributed by atoms with Gasteiger partial charge in [0.15, 0.2) is 5.15 Å². The molecule has 22 heavy (non-hydrogen) atoms. The summed E-state index contributed by atoms with van der Waals surface area (Å²) < 4.78 is 13.0. The average Bonchev–Trinajstić information content (AvgIpc) is 2.89. The summed E-state index contributed by atoms with van der Waals surface area (Å²) in [5.41, 5.74) is 2.08. The smallest absolute Gasteiger partial charge is 0.264 e. The fraction of sp³-hybridized carbons (Fsp3) is 0.214. The minimum Gasteiger partial charge on any atom is -0.354 e. The lowest BCUT2D eigenvalue weighted by Gasteiger charge is -2.06. The van der Waals surface area contributed by atoms with Crippen LogP contribution >= 0.6 is 22.9 Å². The first-order chi connectivity index (χ1) is 10.6. The normalized spacial score (nSPS) is 10.3. The van der Waals surface area contributed by atoms with Gasteiger partial charge in [-0.1, -0.05) is 23.7 Å². The summed E-state index contributed by atoms with van der Waals surface area (Å²) in [5.74, 6) is -0.943. The summed E-state index contributed by atoms with van der Waals surface area (Å²) in [7, 11) is 0. The molecule has 1 aromatic heterocycles. The quantitative estimate of drug-likeness (QED) is 0.790. The zero-order chi connectivity index (χ0) is 15.9. The Bertz CT molecular complexity index is 678. The van der Waals surface area contributed by atoms with Gasteiger partial charge in [-0.3, -0.25) is 9.59 Å². The molecule has 0 bridgehead atoms. The molecule has 1 aromatic carbocycles. The molecule has 2 aromatic rings. The van der Waals surface area contributed by atoms with Gasteiger partial charge >= 0.3 is 0 Å². The summed E-state index contributed by atoms with van der Waals surface area (Å²) >= 11 is 6.89. The van der Waals surface area contributed by atoms with Gasteiger partial charge in [0.2, 0.25) is 5.91 Å². The van der Waals surface area contributed by atoms with Crippen molar-refractivity contribution in [3.05, 3.63) is 51.2 Å². The van der Waals surface area contributed by atoms with E-state index in [2.05, 4.69) is 15.6 Å². The topological polar surface area (TPSA) is 71.1 Å². The third kappa shape index (κ3) is 4.78. The molecule has 0 saturated carbocycles. The van der Waals surface area contributed by atoms with Crippen LogP contribution < -0.4 is 10.6 Å². The molecule has 0 atom stereocenters. The molecule has 0 spiro atoms. The van der Waals surface area contributed by atoms with Crippen molar-refractivity contribution < 1.29 is 14.0 Å². The van der Waals surface area contributed by atoms with Crippen molar-refractivity contribution in [2.75, 3.05) is 13.1 Å². The maximum absolute atomic E-state index is 13.0. The van der Waals surface area contributed by atoms with Crippen LogP contribution in [0.15, 0.2) is 29.8 Å². The number of carbonyl (C=O) groups excluding carboxylic acids is 2. The number of carbonyl (C=O) groups is 2. The molecule has 0 aliphatic rings. The van der Waals surface area contributed by atoms with Gasteiger partial charge < -0.3 is 10.6 Å². The number of rotatable bonds is 6. The Morgan fingerprint density at radius 2 is 2.05 bits per heavy atom. The van der Waals surface area contributed by atoms with E-state index in [1.54, 1.807) is 12.1 Å². The standard InChI is InChI=1S/C14H13ClFN3O2S/c15-13-12(22-8-19-13)14(21)18-5-4-17-11(20)7-9-2-1-3-10(16)6-9/h1-3,6,8H,4-5,7H2,(H,17,20)(H,18,21). The van der Waals surface area contributed by atoms with Crippen LogP contribution in [0.4, 0.5) is 4.39 Å². The molecule has 2 amide bonds. The first-order valence-corrected chi connectivity index (χ1v) is 7.70. The zero-order valence-corrected chi connectivity index (χ0v) is 13.0. The molecule has 116 valence electrons. The van der Waals surface area contributed by atoms with Crippen molar-refractivity contribution in [3.8, 4) is 0 Å².